The first-order valence-corrected chi connectivity index (χ1v) is 48.5. The molecule has 2 aromatic heterocycles. The Hall–Kier alpha value is -11.6. The lowest BCUT2D eigenvalue weighted by Gasteiger charge is -2.43. The maximum Gasteiger partial charge on any atom is 0.255 e. The molecule has 4 aromatic carbocycles. The van der Waals surface area contributed by atoms with Gasteiger partial charge in [-0.1, -0.05) is 82.9 Å². The molecule has 10 amide bonds. The molecule has 16 rings (SSSR count). The summed E-state index contributed by atoms with van der Waals surface area (Å²) in [6.45, 7) is 16.7. The summed E-state index contributed by atoms with van der Waals surface area (Å²) in [5.74, 6) is 2.69. The Bertz CT molecular complexity index is 5340. The van der Waals surface area contributed by atoms with E-state index >= 15 is 0 Å². The number of aromatic nitrogens is 4. The minimum atomic E-state index is -0.725. The number of aldehydes is 1. The fraction of sp³-hybridized carbons (Fsp3) is 0.554. The summed E-state index contributed by atoms with van der Waals surface area (Å²) in [6, 6.07) is 20.4. The van der Waals surface area contributed by atoms with Gasteiger partial charge in [-0.2, -0.15) is 0 Å². The van der Waals surface area contributed by atoms with Gasteiger partial charge in [0.25, 0.3) is 11.8 Å². The number of ether oxygens (including phenoxy) is 4. The van der Waals surface area contributed by atoms with Crippen LogP contribution in [0.15, 0.2) is 85.2 Å². The molecule has 8 aliphatic heterocycles. The van der Waals surface area contributed by atoms with E-state index in [0.717, 1.165) is 163 Å². The molecule has 0 spiro atoms. The van der Waals surface area contributed by atoms with Crippen LogP contribution in [0, 0.1) is 11.8 Å². The van der Waals surface area contributed by atoms with Crippen LogP contribution in [-0.4, -0.2) is 271 Å². The van der Waals surface area contributed by atoms with Gasteiger partial charge >= 0.3 is 0 Å². The number of carbonyl (C=O) groups excluding carboxylic acids is 13. The summed E-state index contributed by atoms with van der Waals surface area (Å²) in [7, 11) is 6.86. The SMILES string of the molecule is CC=O.CC[C@@H]1C(=O)N(C)c2cnc(Cc3ccc(C(=O)CC4CCN(CCOCCCCC(=O)Nc5cccc6c5CN(C5CCC(=O)NC5=O)C6=O)CC4)cc3OC)nc2N1C1CCCC1.CC[C@@H]1C(=O)N(C)c2cnc(Cc3ccc(C(=O)CC4CCN(CCOCCN(CC)CC(=O)Nc5cccc6c5CN(C5CCC(=O)NC5=O)C6=O)CC4)cc3OC)nc2N1C1CCCC1.Cl. The number of ketones is 2. The molecular formula is C101H132ClN17O17. The molecule has 6 fully saturated rings. The number of nitrogens with one attached hydrogen (secondary N) is 4. The van der Waals surface area contributed by atoms with Crippen LogP contribution in [0.4, 0.5) is 34.4 Å². The van der Waals surface area contributed by atoms with E-state index in [-0.39, 0.29) is 129 Å². The third kappa shape index (κ3) is 24.3. The second-order valence-electron chi connectivity index (χ2n) is 36.9. The Morgan fingerprint density at radius 2 is 0.963 bits per heavy atom. The van der Waals surface area contributed by atoms with Crippen molar-refractivity contribution in [3.8, 4) is 11.5 Å². The summed E-state index contributed by atoms with van der Waals surface area (Å²) in [4.78, 5) is 200. The van der Waals surface area contributed by atoms with Gasteiger partial charge in [-0.3, -0.25) is 73.1 Å². The van der Waals surface area contributed by atoms with Crippen molar-refractivity contribution in [1.82, 2.24) is 55.1 Å². The summed E-state index contributed by atoms with van der Waals surface area (Å²) in [5, 5.41) is 10.6. The minimum absolute atomic E-state index is 0. The van der Waals surface area contributed by atoms with Crippen LogP contribution in [0.5, 0.6) is 11.5 Å². The van der Waals surface area contributed by atoms with Crippen molar-refractivity contribution in [2.24, 2.45) is 11.8 Å². The van der Waals surface area contributed by atoms with Crippen molar-refractivity contribution in [3.05, 3.63) is 141 Å². The molecule has 4 N–H and O–H groups in total. The Kier molecular flexibility index (Phi) is 35.9. The van der Waals surface area contributed by atoms with E-state index in [0.29, 0.717) is 183 Å². The average molecular weight is 1890 g/mol. The number of amides is 10. The number of imide groups is 2. The van der Waals surface area contributed by atoms with Crippen LogP contribution in [0.1, 0.15) is 251 Å². The minimum Gasteiger partial charge on any atom is -0.496 e. The van der Waals surface area contributed by atoms with Crippen LogP contribution in [0.3, 0.4) is 0 Å². The molecule has 2 saturated carbocycles. The summed E-state index contributed by atoms with van der Waals surface area (Å²) >= 11 is 0. The van der Waals surface area contributed by atoms with Gasteiger partial charge in [0.2, 0.25) is 47.3 Å². The summed E-state index contributed by atoms with van der Waals surface area (Å²) < 4.78 is 23.5. The first-order chi connectivity index (χ1) is 65.4. The van der Waals surface area contributed by atoms with Crippen molar-refractivity contribution in [2.45, 2.75) is 238 Å². The van der Waals surface area contributed by atoms with Gasteiger partial charge < -0.3 is 73.6 Å². The molecule has 2 unspecified atom stereocenters. The highest BCUT2D eigenvalue weighted by atomic mass is 35.5. The second-order valence-corrected chi connectivity index (χ2v) is 36.9. The molecule has 730 valence electrons. The highest BCUT2D eigenvalue weighted by Crippen LogP contribution is 2.44. The van der Waals surface area contributed by atoms with Crippen molar-refractivity contribution in [3.63, 3.8) is 0 Å². The van der Waals surface area contributed by atoms with E-state index < -0.39 is 23.9 Å². The van der Waals surface area contributed by atoms with Gasteiger partial charge in [0.1, 0.15) is 65.0 Å². The van der Waals surface area contributed by atoms with Crippen molar-refractivity contribution in [2.75, 3.05) is 144 Å². The third-order valence-electron chi connectivity index (χ3n) is 28.3. The second kappa shape index (κ2) is 48.0. The van der Waals surface area contributed by atoms with Crippen LogP contribution in [-0.2, 0) is 78.6 Å². The molecule has 2 aliphatic carbocycles. The molecule has 4 saturated heterocycles. The number of piperidine rings is 4. The molecule has 6 aromatic rings. The van der Waals surface area contributed by atoms with Gasteiger partial charge in [0, 0.05) is 166 Å². The Morgan fingerprint density at radius 3 is 1.38 bits per heavy atom. The topological polar surface area (TPSA) is 388 Å². The maximum absolute atomic E-state index is 13.6. The van der Waals surface area contributed by atoms with E-state index in [9.17, 15) is 57.5 Å². The van der Waals surface area contributed by atoms with Crippen LogP contribution in [0.25, 0.3) is 0 Å². The standard InChI is InChI=1S/C50H65N9O8.C49H62N8O8.C2H4O.ClH/c1-5-39-50(65)55(3)41-29-51-44(53-47(41)59(39)35-10-7-8-11-35)28-34-15-14-33(27-43(34)66-4)42(60)26-32-18-20-57(21-19-32)23-25-67-24-22-56(6-2)31-46(62)52-38-13-9-12-36-37(38)30-58(49(36)64)40-16-17-45(61)54-48(40)63;1-4-38-49(63)54(2)40-29-50-43(52-46(40)57(38)34-10-5-6-11-34)28-33-16-15-32(27-42(33)64-3)41(58)26-31-19-21-55(22-20-31)23-25-65-24-8-7-14-44(59)51-37-13-9-12-35-36(37)30-56(48(35)62)39-17-18-45(60)53-47(39)61;1-2-3;/h9,12-15,27,29,32,35,39-40H,5-8,10-11,16-26,28,30-31H2,1-4H3,(H,52,62)(H,54,61,63);9,12-13,15-16,27,29,31,34,38-39H,4-8,10-11,14,17-26,28,30H2,1-3H3,(H,51,59)(H,53,60,61);2H,1H3;1H/t39-,40?;38-,39?;;/m11../s1. The number of anilines is 6. The first-order valence-electron chi connectivity index (χ1n) is 48.5. The number of nitrogens with zero attached hydrogens (tertiary/aromatic N) is 13. The number of fused-ring (bicyclic) bond motifs is 4. The summed E-state index contributed by atoms with van der Waals surface area (Å²) in [6.07, 6.45) is 22.8. The summed E-state index contributed by atoms with van der Waals surface area (Å²) in [5.41, 5.74) is 7.92. The third-order valence-corrected chi connectivity index (χ3v) is 28.3. The Labute approximate surface area is 801 Å². The Balaban J connectivity index is 0.000000222. The number of carbonyl (C=O) groups is 13. The molecule has 0 radical (unpaired) electrons. The van der Waals surface area contributed by atoms with Gasteiger partial charge in [-0.05, 0) is 178 Å². The fourth-order valence-corrected chi connectivity index (χ4v) is 20.7. The van der Waals surface area contributed by atoms with Gasteiger partial charge in [-0.25, -0.2) is 19.9 Å². The van der Waals surface area contributed by atoms with Crippen molar-refractivity contribution < 1.29 is 81.3 Å². The first kappa shape index (κ1) is 102. The van der Waals surface area contributed by atoms with Crippen molar-refractivity contribution in [1.29, 1.82) is 0 Å². The zero-order chi connectivity index (χ0) is 95.5. The van der Waals surface area contributed by atoms with Gasteiger partial charge in [-0.15, -0.1) is 12.4 Å². The number of likely N-dealkylation sites (tertiary alicyclic amines) is 2. The lowest BCUT2D eigenvalue weighted by molar-refractivity contribution is -0.138. The molecule has 4 atom stereocenters. The highest BCUT2D eigenvalue weighted by Gasteiger charge is 2.46. The smallest absolute Gasteiger partial charge is 0.255 e. The molecule has 136 heavy (non-hydrogen) atoms. The van der Waals surface area contributed by atoms with Crippen LogP contribution >= 0.6 is 12.4 Å². The number of Topliss-reactive ketones (excluding diaryl/α,β-unsaturated/α-hetero) is 2. The van der Waals surface area contributed by atoms with E-state index in [1.165, 1.54) is 16.7 Å². The molecular weight excluding hydrogens is 1760 g/mol. The van der Waals surface area contributed by atoms with E-state index in [4.69, 9.17) is 33.7 Å². The number of hydrogen-bond acceptors (Lipinski definition) is 26. The van der Waals surface area contributed by atoms with Gasteiger partial charge in [0.05, 0.1) is 53.0 Å². The lowest BCUT2D eigenvalue weighted by Crippen LogP contribution is -2.55. The van der Waals surface area contributed by atoms with Crippen LogP contribution < -0.4 is 50.3 Å². The Morgan fingerprint density at radius 1 is 0.537 bits per heavy atom. The van der Waals surface area contributed by atoms with E-state index in [2.05, 4.69) is 64.7 Å². The zero-order valence-electron chi connectivity index (χ0n) is 79.7. The number of benzene rings is 4. The number of rotatable bonds is 37. The maximum atomic E-state index is 13.6. The molecule has 10 heterocycles. The molecule has 10 aliphatic rings. The normalized spacial score (nSPS) is 20.0. The molecule has 0 bridgehead atoms. The largest absolute Gasteiger partial charge is 0.496 e. The monoisotopic (exact) mass is 1890 g/mol. The van der Waals surface area contributed by atoms with Crippen molar-refractivity contribution >= 4 is 124 Å². The number of halogens is 1. The van der Waals surface area contributed by atoms with E-state index in [1.54, 1.807) is 72.8 Å². The van der Waals surface area contributed by atoms with Crippen LogP contribution in [0.2, 0.25) is 0 Å². The number of likely N-dealkylation sites (N-methyl/N-ethyl adjacent to an activating group) is 3. The predicted octanol–water partition coefficient (Wildman–Crippen LogP) is 10.7. The average Bonchev–Trinajstić information content (AvgIpc) is 0.970. The van der Waals surface area contributed by atoms with Gasteiger partial charge in [0.15, 0.2) is 23.2 Å². The number of hydrogen-bond donors (Lipinski definition) is 4. The highest BCUT2D eigenvalue weighted by molar-refractivity contribution is 6.10. The predicted molar refractivity (Wildman–Crippen MR) is 515 cm³/mol. The molecule has 35 heteroatoms. The molecule has 34 nitrogen and oxygen atoms in total. The number of unbranched alkanes of at least 4 members (excludes halogenated alkanes) is 1. The fourth-order valence-electron chi connectivity index (χ4n) is 20.7. The number of methoxy groups -OCH3 is 2. The quantitative estimate of drug-likeness (QED) is 0.0122. The lowest BCUT2D eigenvalue weighted by atomic mass is 9.89. The van der Waals surface area contributed by atoms with E-state index in [1.807, 2.05) is 62.3 Å². The zero-order valence-corrected chi connectivity index (χ0v) is 80.5.